The van der Waals surface area contributed by atoms with E-state index >= 15 is 0 Å². The lowest BCUT2D eigenvalue weighted by molar-refractivity contribution is -0.137. The zero-order valence-electron chi connectivity index (χ0n) is 23.8. The summed E-state index contributed by atoms with van der Waals surface area (Å²) in [5, 5.41) is 5.42. The molecule has 8 nitrogen and oxygen atoms in total. The predicted octanol–water partition coefficient (Wildman–Crippen LogP) is 4.98. The second kappa shape index (κ2) is 11.5. The molecule has 3 aliphatic rings. The Morgan fingerprint density at radius 3 is 2.42 bits per heavy atom. The lowest BCUT2D eigenvalue weighted by Crippen LogP contribution is -2.46. The van der Waals surface area contributed by atoms with E-state index in [9.17, 15) is 26.4 Å². The number of piperidine rings is 1. The molecule has 0 radical (unpaired) electrons. The van der Waals surface area contributed by atoms with Crippen molar-refractivity contribution in [2.24, 2.45) is 0 Å². The van der Waals surface area contributed by atoms with Gasteiger partial charge in [-0.05, 0) is 55.6 Å². The van der Waals surface area contributed by atoms with E-state index in [1.807, 2.05) is 27.8 Å². The third-order valence-electron chi connectivity index (χ3n) is 8.74. The Bertz CT molecular complexity index is 1630. The summed E-state index contributed by atoms with van der Waals surface area (Å²) >= 11 is 6.21. The number of carbonyl (C=O) groups excluding carboxylic acids is 1. The second-order valence-corrected chi connectivity index (χ2v) is 14.0. The predicted molar refractivity (Wildman–Crippen MR) is 158 cm³/mol. The van der Waals surface area contributed by atoms with Gasteiger partial charge in [0.15, 0.2) is 0 Å². The topological polar surface area (TPSA) is 78.8 Å². The molecule has 1 fully saturated rings. The van der Waals surface area contributed by atoms with Crippen molar-refractivity contribution in [3.05, 3.63) is 69.9 Å². The van der Waals surface area contributed by atoms with E-state index in [0.717, 1.165) is 79.8 Å². The zero-order chi connectivity index (χ0) is 30.5. The molecule has 0 aliphatic carbocycles. The first-order chi connectivity index (χ1) is 20.4. The van der Waals surface area contributed by atoms with Crippen molar-refractivity contribution in [3.63, 3.8) is 0 Å². The maximum absolute atomic E-state index is 13.1. The van der Waals surface area contributed by atoms with Crippen molar-refractivity contribution in [1.82, 2.24) is 19.0 Å². The summed E-state index contributed by atoms with van der Waals surface area (Å²) in [7, 11) is -3.44. The molecule has 0 bridgehead atoms. The maximum atomic E-state index is 13.1. The van der Waals surface area contributed by atoms with Gasteiger partial charge in [-0.3, -0.25) is 9.48 Å². The van der Waals surface area contributed by atoms with Crippen molar-refractivity contribution in [2.45, 2.75) is 57.4 Å². The van der Waals surface area contributed by atoms with E-state index in [2.05, 4.69) is 4.90 Å². The van der Waals surface area contributed by atoms with Crippen LogP contribution >= 0.6 is 11.6 Å². The van der Waals surface area contributed by atoms with Crippen LogP contribution in [0, 0.1) is 0 Å². The van der Waals surface area contributed by atoms with Gasteiger partial charge < -0.3 is 9.80 Å². The molecule has 43 heavy (non-hydrogen) atoms. The average Bonchev–Trinajstić information content (AvgIpc) is 3.49. The molecule has 13 heteroatoms. The van der Waals surface area contributed by atoms with E-state index in [-0.39, 0.29) is 18.5 Å². The van der Waals surface area contributed by atoms with Crippen LogP contribution in [0.5, 0.6) is 0 Å². The molecule has 0 spiro atoms. The molecule has 0 N–H and O–H groups in total. The number of rotatable bonds is 7. The number of hydrogen-bond acceptors (Lipinski definition) is 5. The number of hydrogen-bond donors (Lipinski definition) is 0. The summed E-state index contributed by atoms with van der Waals surface area (Å²) in [5.41, 5.74) is 3.93. The van der Waals surface area contributed by atoms with Crippen LogP contribution in [0.3, 0.4) is 0 Å². The highest BCUT2D eigenvalue weighted by Crippen LogP contribution is 2.36. The summed E-state index contributed by atoms with van der Waals surface area (Å²) in [5.74, 6) is 0.123. The third-order valence-corrected chi connectivity index (χ3v) is 10.2. The standard InChI is InChI=1S/C30H33ClF3N5O3S/c1-43(41,42)37-16-11-26-25(19-37)29(20-3-6-22(7-4-20)30(32,33)34)35-38(26)13-2-12-36-14-9-24(10-15-36)39-27-18-23(31)8-5-21(27)17-28(39)40/h3-8,18,24H,2,9-17,19H2,1H3. The number of benzene rings is 2. The number of aryl methyl sites for hydroxylation is 1. The van der Waals surface area contributed by atoms with Gasteiger partial charge in [-0.15, -0.1) is 0 Å². The van der Waals surface area contributed by atoms with Crippen molar-refractivity contribution < 1.29 is 26.4 Å². The zero-order valence-corrected chi connectivity index (χ0v) is 25.4. The number of fused-ring (bicyclic) bond motifs is 2. The number of alkyl halides is 3. The van der Waals surface area contributed by atoms with E-state index < -0.39 is 21.8 Å². The summed E-state index contributed by atoms with van der Waals surface area (Å²) in [6.07, 6.45) is 0.163. The van der Waals surface area contributed by atoms with Crippen molar-refractivity contribution >= 4 is 33.2 Å². The Morgan fingerprint density at radius 1 is 1.02 bits per heavy atom. The average molecular weight is 636 g/mol. The van der Waals surface area contributed by atoms with E-state index in [4.69, 9.17) is 16.7 Å². The van der Waals surface area contributed by atoms with Crippen LogP contribution in [-0.2, 0) is 46.9 Å². The third kappa shape index (κ3) is 6.20. The number of carbonyl (C=O) groups is 1. The van der Waals surface area contributed by atoms with E-state index in [1.54, 1.807) is 0 Å². The summed E-state index contributed by atoms with van der Waals surface area (Å²) in [6.45, 7) is 3.65. The van der Waals surface area contributed by atoms with Gasteiger partial charge in [0.05, 0.1) is 23.9 Å². The minimum absolute atomic E-state index is 0.123. The minimum Gasteiger partial charge on any atom is -0.309 e. The summed E-state index contributed by atoms with van der Waals surface area (Å²) < 4.78 is 67.3. The molecular formula is C30H33ClF3N5O3S. The lowest BCUT2D eigenvalue weighted by Gasteiger charge is -2.37. The van der Waals surface area contributed by atoms with Crippen molar-refractivity contribution in [3.8, 4) is 11.3 Å². The molecule has 1 saturated heterocycles. The maximum Gasteiger partial charge on any atom is 0.416 e. The van der Waals surface area contributed by atoms with Crippen LogP contribution in [0.1, 0.15) is 41.6 Å². The van der Waals surface area contributed by atoms with Crippen LogP contribution in [-0.4, -0.2) is 71.8 Å². The monoisotopic (exact) mass is 635 g/mol. The molecule has 0 atom stereocenters. The number of likely N-dealkylation sites (tertiary alicyclic amines) is 1. The Labute approximate surface area is 254 Å². The Balaban J connectivity index is 1.12. The molecule has 2 aromatic carbocycles. The molecule has 0 unspecified atom stereocenters. The number of anilines is 1. The molecule has 3 aliphatic heterocycles. The van der Waals surface area contributed by atoms with Crippen molar-refractivity contribution in [2.75, 3.05) is 37.3 Å². The van der Waals surface area contributed by atoms with Crippen LogP contribution in [0.25, 0.3) is 11.3 Å². The van der Waals surface area contributed by atoms with Crippen LogP contribution in [0.2, 0.25) is 5.02 Å². The highest BCUT2D eigenvalue weighted by atomic mass is 35.5. The smallest absolute Gasteiger partial charge is 0.309 e. The van der Waals surface area contributed by atoms with E-state index in [0.29, 0.717) is 42.2 Å². The Hall–Kier alpha value is -2.93. The first kappa shape index (κ1) is 30.1. The number of nitrogens with zero attached hydrogens (tertiary/aromatic N) is 5. The molecule has 230 valence electrons. The molecule has 1 amide bonds. The minimum atomic E-state index is -4.44. The quantitative estimate of drug-likeness (QED) is 0.366. The largest absolute Gasteiger partial charge is 0.416 e. The van der Waals surface area contributed by atoms with Gasteiger partial charge in [-0.1, -0.05) is 29.8 Å². The number of sulfonamides is 1. The lowest BCUT2D eigenvalue weighted by atomic mass is 10.0. The first-order valence-corrected chi connectivity index (χ1v) is 16.7. The van der Waals surface area contributed by atoms with E-state index in [1.165, 1.54) is 16.4 Å². The summed E-state index contributed by atoms with van der Waals surface area (Å²) in [4.78, 5) is 17.1. The molecule has 6 rings (SSSR count). The Morgan fingerprint density at radius 2 is 1.74 bits per heavy atom. The fourth-order valence-corrected chi connectivity index (χ4v) is 7.47. The van der Waals surface area contributed by atoms with Gasteiger partial charge in [-0.25, -0.2) is 8.42 Å². The molecule has 4 heterocycles. The van der Waals surface area contributed by atoms with Gasteiger partial charge in [-0.2, -0.15) is 22.6 Å². The highest BCUT2D eigenvalue weighted by Gasteiger charge is 2.35. The van der Waals surface area contributed by atoms with Gasteiger partial charge in [0.1, 0.15) is 0 Å². The number of aromatic nitrogens is 2. The molecule has 0 saturated carbocycles. The molecular weight excluding hydrogens is 603 g/mol. The highest BCUT2D eigenvalue weighted by molar-refractivity contribution is 7.88. The normalized spacial score (nSPS) is 18.7. The Kier molecular flexibility index (Phi) is 8.08. The van der Waals surface area contributed by atoms with Gasteiger partial charge in [0.2, 0.25) is 15.9 Å². The van der Waals surface area contributed by atoms with Crippen LogP contribution in [0.15, 0.2) is 42.5 Å². The second-order valence-electron chi connectivity index (χ2n) is 11.6. The van der Waals surface area contributed by atoms with Crippen molar-refractivity contribution in [1.29, 1.82) is 0 Å². The van der Waals surface area contributed by atoms with Crippen LogP contribution < -0.4 is 4.90 Å². The molecule has 1 aromatic heterocycles. The summed E-state index contributed by atoms with van der Waals surface area (Å²) in [6, 6.07) is 10.6. The van der Waals surface area contributed by atoms with Gasteiger partial charge in [0, 0.05) is 72.7 Å². The SMILES string of the molecule is CS(=O)(=O)N1CCc2c(c(-c3ccc(C(F)(F)F)cc3)nn2CCCN2CCC(N3C(=O)Cc4ccc(Cl)cc43)CC2)C1. The first-order valence-electron chi connectivity index (χ1n) is 14.4. The van der Waals surface area contributed by atoms with Crippen LogP contribution in [0.4, 0.5) is 18.9 Å². The fourth-order valence-electron chi connectivity index (χ4n) is 6.52. The van der Waals surface area contributed by atoms with Gasteiger partial charge in [0.25, 0.3) is 0 Å². The number of amides is 1. The number of halogens is 4. The van der Waals surface area contributed by atoms with Gasteiger partial charge >= 0.3 is 6.18 Å². The fraction of sp³-hybridized carbons (Fsp3) is 0.467. The molecule has 3 aromatic rings.